The molecule has 0 heterocycles. The Morgan fingerprint density at radius 2 is 2.04 bits per heavy atom. The van der Waals surface area contributed by atoms with Gasteiger partial charge in [-0.1, -0.05) is 18.2 Å². The number of rotatable bonds is 7. The molecule has 0 spiro atoms. The van der Waals surface area contributed by atoms with Crippen LogP contribution in [0.3, 0.4) is 0 Å². The molecule has 0 fully saturated rings. The van der Waals surface area contributed by atoms with E-state index in [0.717, 1.165) is 0 Å². The second-order valence-corrected chi connectivity index (χ2v) is 5.95. The van der Waals surface area contributed by atoms with E-state index in [1.165, 1.54) is 12.1 Å². The van der Waals surface area contributed by atoms with Gasteiger partial charge in [-0.15, -0.1) is 0 Å². The molecule has 2 rings (SSSR count). The van der Waals surface area contributed by atoms with Crippen LogP contribution in [-0.2, 0) is 4.79 Å². The second kappa shape index (κ2) is 9.19. The van der Waals surface area contributed by atoms with Gasteiger partial charge in [-0.2, -0.15) is 5.26 Å². The summed E-state index contributed by atoms with van der Waals surface area (Å²) in [6, 6.07) is 13.2. The smallest absolute Gasteiger partial charge is 0.293 e. The molecule has 0 aliphatic carbocycles. The third-order valence-corrected chi connectivity index (χ3v) is 3.79. The van der Waals surface area contributed by atoms with Crippen LogP contribution in [0.25, 0.3) is 6.08 Å². The fourth-order valence-electron chi connectivity index (χ4n) is 2.51. The monoisotopic (exact) mass is 380 g/mol. The molecule has 1 N–H and O–H groups in total. The average Bonchev–Trinajstić information content (AvgIpc) is 2.67. The number of benzene rings is 2. The number of amides is 1. The third kappa shape index (κ3) is 4.86. The number of nitro groups is 1. The first-order chi connectivity index (χ1) is 13.4. The van der Waals surface area contributed by atoms with Gasteiger partial charge in [0.15, 0.2) is 0 Å². The number of carbonyl (C=O) groups excluding carboxylic acids is 1. The number of para-hydroxylation sites is 2. The van der Waals surface area contributed by atoms with Crippen LogP contribution in [0.1, 0.15) is 12.5 Å². The summed E-state index contributed by atoms with van der Waals surface area (Å²) in [5, 5.41) is 23.3. The first-order valence-corrected chi connectivity index (χ1v) is 8.48. The van der Waals surface area contributed by atoms with E-state index in [1.807, 2.05) is 13.0 Å². The summed E-state index contributed by atoms with van der Waals surface area (Å²) in [7, 11) is 3.39. The number of nitrogens with one attached hydrogen (secondary N) is 1. The van der Waals surface area contributed by atoms with Crippen LogP contribution in [0.2, 0.25) is 0 Å². The Kier molecular flexibility index (Phi) is 6.71. The molecule has 144 valence electrons. The van der Waals surface area contributed by atoms with Gasteiger partial charge in [0, 0.05) is 20.2 Å². The summed E-state index contributed by atoms with van der Waals surface area (Å²) in [6.07, 6.45) is 1.31. The summed E-state index contributed by atoms with van der Waals surface area (Å²) in [5.74, 6) is -0.143. The molecule has 0 atom stereocenters. The molecule has 0 unspecified atom stereocenters. The van der Waals surface area contributed by atoms with E-state index in [2.05, 4.69) is 5.32 Å². The fourth-order valence-corrected chi connectivity index (χ4v) is 2.51. The second-order valence-electron chi connectivity index (χ2n) is 5.95. The van der Waals surface area contributed by atoms with Gasteiger partial charge in [0.25, 0.3) is 11.6 Å². The van der Waals surface area contributed by atoms with Crippen LogP contribution in [0.4, 0.5) is 17.1 Å². The van der Waals surface area contributed by atoms with Crippen molar-refractivity contribution < 1.29 is 14.5 Å². The van der Waals surface area contributed by atoms with Crippen molar-refractivity contribution in [3.63, 3.8) is 0 Å². The Bertz CT molecular complexity index is 961. The molecule has 0 radical (unpaired) electrons. The van der Waals surface area contributed by atoms with E-state index in [0.29, 0.717) is 29.3 Å². The summed E-state index contributed by atoms with van der Waals surface area (Å²) >= 11 is 0. The van der Waals surface area contributed by atoms with Gasteiger partial charge in [-0.25, -0.2) is 0 Å². The van der Waals surface area contributed by atoms with Crippen molar-refractivity contribution >= 4 is 29.0 Å². The molecule has 0 aliphatic heterocycles. The maximum absolute atomic E-state index is 12.5. The Hall–Kier alpha value is -3.86. The highest BCUT2D eigenvalue weighted by Gasteiger charge is 2.17. The van der Waals surface area contributed by atoms with Crippen molar-refractivity contribution in [3.8, 4) is 11.8 Å². The molecule has 2 aromatic carbocycles. The predicted octanol–water partition coefficient (Wildman–Crippen LogP) is 3.61. The van der Waals surface area contributed by atoms with Crippen LogP contribution >= 0.6 is 0 Å². The molecule has 0 saturated heterocycles. The van der Waals surface area contributed by atoms with Crippen molar-refractivity contribution in [3.05, 3.63) is 63.7 Å². The van der Waals surface area contributed by atoms with Gasteiger partial charge in [0.1, 0.15) is 23.1 Å². The Balaban J connectivity index is 2.34. The summed E-state index contributed by atoms with van der Waals surface area (Å²) in [4.78, 5) is 24.9. The molecule has 0 aromatic heterocycles. The van der Waals surface area contributed by atoms with Crippen LogP contribution in [-0.4, -0.2) is 31.5 Å². The lowest BCUT2D eigenvalue weighted by Crippen LogP contribution is -2.14. The summed E-state index contributed by atoms with van der Waals surface area (Å²) < 4.78 is 5.45. The lowest BCUT2D eigenvalue weighted by Gasteiger charge is -2.13. The maximum atomic E-state index is 12.5. The van der Waals surface area contributed by atoms with Gasteiger partial charge in [0.2, 0.25) is 0 Å². The zero-order valence-electron chi connectivity index (χ0n) is 15.8. The normalized spacial score (nSPS) is 10.7. The summed E-state index contributed by atoms with van der Waals surface area (Å²) in [5.41, 5.74) is 0.943. The van der Waals surface area contributed by atoms with Gasteiger partial charge >= 0.3 is 0 Å². The number of nitro benzene ring substituents is 1. The number of ether oxygens (including phenoxy) is 1. The van der Waals surface area contributed by atoms with Gasteiger partial charge < -0.3 is 15.0 Å². The van der Waals surface area contributed by atoms with Crippen LogP contribution < -0.4 is 15.0 Å². The number of anilines is 2. The van der Waals surface area contributed by atoms with Crippen molar-refractivity contribution in [1.82, 2.24) is 0 Å². The average molecular weight is 380 g/mol. The SMILES string of the molecule is CCOc1ccccc1NC(=O)/C(C#N)=C/c1ccc(N(C)C)c([N+](=O)[O-])c1. The van der Waals surface area contributed by atoms with Crippen molar-refractivity contribution in [2.75, 3.05) is 30.9 Å². The number of carbonyl (C=O) groups is 1. The number of hydrogen-bond donors (Lipinski definition) is 1. The minimum Gasteiger partial charge on any atom is -0.492 e. The first-order valence-electron chi connectivity index (χ1n) is 8.48. The minimum absolute atomic E-state index is 0.113. The van der Waals surface area contributed by atoms with E-state index < -0.39 is 10.8 Å². The maximum Gasteiger partial charge on any atom is 0.293 e. The van der Waals surface area contributed by atoms with E-state index in [4.69, 9.17) is 4.74 Å². The zero-order valence-corrected chi connectivity index (χ0v) is 15.8. The molecule has 0 bridgehead atoms. The van der Waals surface area contributed by atoms with Crippen molar-refractivity contribution in [2.24, 2.45) is 0 Å². The first kappa shape index (κ1) is 20.5. The fraction of sp³-hybridized carbons (Fsp3) is 0.200. The third-order valence-electron chi connectivity index (χ3n) is 3.79. The topological polar surface area (TPSA) is 108 Å². The molecule has 2 aromatic rings. The van der Waals surface area contributed by atoms with Crippen LogP contribution in [0.5, 0.6) is 5.75 Å². The zero-order chi connectivity index (χ0) is 20.7. The number of nitrogens with zero attached hydrogens (tertiary/aromatic N) is 3. The quantitative estimate of drug-likeness (QED) is 0.340. The highest BCUT2D eigenvalue weighted by Crippen LogP contribution is 2.29. The highest BCUT2D eigenvalue weighted by molar-refractivity contribution is 6.10. The van der Waals surface area contributed by atoms with E-state index in [9.17, 15) is 20.2 Å². The highest BCUT2D eigenvalue weighted by atomic mass is 16.6. The van der Waals surface area contributed by atoms with E-state index in [-0.39, 0.29) is 11.3 Å². The molecule has 8 nitrogen and oxygen atoms in total. The van der Waals surface area contributed by atoms with Gasteiger partial charge in [-0.3, -0.25) is 14.9 Å². The largest absolute Gasteiger partial charge is 0.492 e. The Morgan fingerprint density at radius 1 is 1.32 bits per heavy atom. The Morgan fingerprint density at radius 3 is 2.64 bits per heavy atom. The number of hydrogen-bond acceptors (Lipinski definition) is 6. The molecule has 0 aliphatic rings. The molecule has 1 amide bonds. The molecular formula is C20H20N4O4. The lowest BCUT2D eigenvalue weighted by atomic mass is 10.1. The standard InChI is InChI=1S/C20H20N4O4/c1-4-28-19-8-6-5-7-16(19)22-20(25)15(13-21)11-14-9-10-17(23(2)3)18(12-14)24(26)27/h5-12H,4H2,1-3H3,(H,22,25)/b15-11+. The molecular weight excluding hydrogens is 360 g/mol. The lowest BCUT2D eigenvalue weighted by molar-refractivity contribution is -0.384. The van der Waals surface area contributed by atoms with Crippen molar-refractivity contribution in [1.29, 1.82) is 5.26 Å². The Labute approximate surface area is 162 Å². The van der Waals surface area contributed by atoms with Crippen LogP contribution in [0.15, 0.2) is 48.0 Å². The molecule has 0 saturated carbocycles. The van der Waals surface area contributed by atoms with Gasteiger partial charge in [0.05, 0.1) is 17.2 Å². The van der Waals surface area contributed by atoms with E-state index >= 15 is 0 Å². The molecule has 28 heavy (non-hydrogen) atoms. The number of nitriles is 1. The van der Waals surface area contributed by atoms with E-state index in [1.54, 1.807) is 55.4 Å². The van der Waals surface area contributed by atoms with Crippen molar-refractivity contribution in [2.45, 2.75) is 6.92 Å². The van der Waals surface area contributed by atoms with Gasteiger partial charge in [-0.05, 0) is 36.8 Å². The predicted molar refractivity (Wildman–Crippen MR) is 107 cm³/mol. The van der Waals surface area contributed by atoms with Crippen LogP contribution in [0, 0.1) is 21.4 Å². The summed E-state index contributed by atoms with van der Waals surface area (Å²) in [6.45, 7) is 2.25. The minimum atomic E-state index is -0.631. The molecule has 8 heteroatoms.